The molecular weight excluding hydrogens is 188 g/mol. The predicted octanol–water partition coefficient (Wildman–Crippen LogP) is 2.24. The lowest BCUT2D eigenvalue weighted by Gasteiger charge is -2.17. The van der Waals surface area contributed by atoms with Crippen molar-refractivity contribution in [2.75, 3.05) is 12.4 Å². The molecule has 1 aliphatic carbocycles. The number of hydrogen-bond donors (Lipinski definition) is 2. The second-order valence-electron chi connectivity index (χ2n) is 3.55. The summed E-state index contributed by atoms with van der Waals surface area (Å²) in [5, 5.41) is 10.9. The van der Waals surface area contributed by atoms with E-state index in [1.807, 2.05) is 12.1 Å². The number of Topliss-reactive ketones (excluding diaryl/α,β-unsaturated/α-hetero) is 1. The molecule has 2 rings (SSSR count). The van der Waals surface area contributed by atoms with E-state index in [0.717, 1.165) is 5.69 Å². The third kappa shape index (κ3) is 1.36. The van der Waals surface area contributed by atoms with Crippen LogP contribution in [0.4, 0.5) is 5.69 Å². The minimum absolute atomic E-state index is 0.0121. The maximum Gasteiger partial charge on any atom is 0.189 e. The molecule has 2 N–H and O–H groups in total. The number of anilines is 1. The van der Waals surface area contributed by atoms with Crippen molar-refractivity contribution in [1.29, 1.82) is 5.41 Å². The molecule has 0 saturated carbocycles. The normalized spacial score (nSPS) is 14.7. The second-order valence-corrected chi connectivity index (χ2v) is 3.55. The summed E-state index contributed by atoms with van der Waals surface area (Å²) in [4.78, 5) is 11.8. The fraction of sp³-hybridized carbons (Fsp3) is 0.167. The number of nitrogens with one attached hydrogen (secondary N) is 2. The van der Waals surface area contributed by atoms with Gasteiger partial charge in [0.15, 0.2) is 5.78 Å². The summed E-state index contributed by atoms with van der Waals surface area (Å²) < 4.78 is 0. The van der Waals surface area contributed by atoms with Crippen LogP contribution in [0.2, 0.25) is 0 Å². The van der Waals surface area contributed by atoms with Crippen LogP contribution in [0.25, 0.3) is 0 Å². The molecule has 0 fully saturated rings. The van der Waals surface area contributed by atoms with Gasteiger partial charge in [-0.15, -0.1) is 0 Å². The first kappa shape index (κ1) is 9.65. The van der Waals surface area contributed by atoms with Gasteiger partial charge in [-0.1, -0.05) is 12.1 Å². The minimum atomic E-state index is 0.0121. The smallest absolute Gasteiger partial charge is 0.189 e. The van der Waals surface area contributed by atoms with Crippen molar-refractivity contribution in [1.82, 2.24) is 0 Å². The Balaban J connectivity index is 2.71. The van der Waals surface area contributed by atoms with E-state index in [1.165, 1.54) is 0 Å². The lowest BCUT2D eigenvalue weighted by molar-refractivity contribution is 0.103. The van der Waals surface area contributed by atoms with Crippen LogP contribution < -0.4 is 5.32 Å². The number of fused-ring (bicyclic) bond motifs is 1. The molecule has 0 amide bonds. The van der Waals surface area contributed by atoms with Gasteiger partial charge in [-0.05, 0) is 24.6 Å². The van der Waals surface area contributed by atoms with Gasteiger partial charge in [-0.3, -0.25) is 4.79 Å². The number of carbonyl (C=O) groups is 1. The van der Waals surface area contributed by atoms with Crippen LogP contribution in [-0.2, 0) is 0 Å². The average molecular weight is 200 g/mol. The maximum absolute atomic E-state index is 11.8. The summed E-state index contributed by atoms with van der Waals surface area (Å²) >= 11 is 0. The molecule has 0 heterocycles. The topological polar surface area (TPSA) is 53.0 Å². The van der Waals surface area contributed by atoms with E-state index in [9.17, 15) is 4.79 Å². The molecule has 76 valence electrons. The summed E-state index contributed by atoms with van der Waals surface area (Å²) in [6, 6.07) is 5.47. The number of hydrogen-bond acceptors (Lipinski definition) is 3. The van der Waals surface area contributed by atoms with Crippen LogP contribution in [0.3, 0.4) is 0 Å². The van der Waals surface area contributed by atoms with E-state index in [1.54, 1.807) is 26.1 Å². The van der Waals surface area contributed by atoms with Crippen LogP contribution in [0.5, 0.6) is 0 Å². The minimum Gasteiger partial charge on any atom is -0.388 e. The van der Waals surface area contributed by atoms with Crippen LogP contribution in [0.15, 0.2) is 29.8 Å². The van der Waals surface area contributed by atoms with Gasteiger partial charge in [0.1, 0.15) is 0 Å². The van der Waals surface area contributed by atoms with Gasteiger partial charge in [-0.2, -0.15) is 0 Å². The fourth-order valence-corrected chi connectivity index (χ4v) is 1.81. The fourth-order valence-electron chi connectivity index (χ4n) is 1.81. The van der Waals surface area contributed by atoms with Gasteiger partial charge in [0.2, 0.25) is 0 Å². The molecular formula is C12H12N2O. The highest BCUT2D eigenvalue weighted by atomic mass is 16.1. The SMILES string of the molecule is CNc1cccc2c1C(=N)C=C(C)C2=O. The third-order valence-electron chi connectivity index (χ3n) is 2.57. The van der Waals surface area contributed by atoms with Crippen LogP contribution in [0, 0.1) is 5.41 Å². The molecule has 3 nitrogen and oxygen atoms in total. The van der Waals surface area contributed by atoms with Gasteiger partial charge >= 0.3 is 0 Å². The van der Waals surface area contributed by atoms with Crippen LogP contribution in [-0.4, -0.2) is 18.5 Å². The van der Waals surface area contributed by atoms with Crippen molar-refractivity contribution >= 4 is 17.2 Å². The Kier molecular flexibility index (Phi) is 2.15. The highest BCUT2D eigenvalue weighted by Gasteiger charge is 2.22. The molecule has 0 atom stereocenters. The first-order valence-corrected chi connectivity index (χ1v) is 4.78. The van der Waals surface area contributed by atoms with E-state index in [0.29, 0.717) is 22.4 Å². The highest BCUT2D eigenvalue weighted by molar-refractivity contribution is 6.27. The quantitative estimate of drug-likeness (QED) is 0.730. The van der Waals surface area contributed by atoms with E-state index in [4.69, 9.17) is 5.41 Å². The van der Waals surface area contributed by atoms with Gasteiger partial charge in [-0.25, -0.2) is 0 Å². The van der Waals surface area contributed by atoms with Gasteiger partial charge in [0.05, 0.1) is 5.71 Å². The Morgan fingerprint density at radius 1 is 1.33 bits per heavy atom. The molecule has 15 heavy (non-hydrogen) atoms. The lowest BCUT2D eigenvalue weighted by Crippen LogP contribution is -2.17. The average Bonchev–Trinajstić information content (AvgIpc) is 2.25. The molecule has 3 heteroatoms. The second kappa shape index (κ2) is 3.35. The Bertz CT molecular complexity index is 486. The summed E-state index contributed by atoms with van der Waals surface area (Å²) in [5.74, 6) is 0.0121. The molecule has 0 radical (unpaired) electrons. The molecule has 1 aliphatic rings. The molecule has 0 bridgehead atoms. The van der Waals surface area contributed by atoms with Crippen molar-refractivity contribution in [2.45, 2.75) is 6.92 Å². The van der Waals surface area contributed by atoms with Crippen molar-refractivity contribution in [3.8, 4) is 0 Å². The summed E-state index contributed by atoms with van der Waals surface area (Å²) in [6.45, 7) is 1.74. The van der Waals surface area contributed by atoms with Crippen molar-refractivity contribution in [2.24, 2.45) is 0 Å². The zero-order valence-electron chi connectivity index (χ0n) is 8.72. The number of ketones is 1. The van der Waals surface area contributed by atoms with Gasteiger partial charge in [0, 0.05) is 23.9 Å². The van der Waals surface area contributed by atoms with E-state index in [-0.39, 0.29) is 5.78 Å². The molecule has 0 aliphatic heterocycles. The summed E-state index contributed by atoms with van der Waals surface area (Å²) in [6.07, 6.45) is 1.62. The summed E-state index contributed by atoms with van der Waals surface area (Å²) in [5.41, 5.74) is 3.17. The standard InChI is InChI=1S/C12H12N2O/c1-7-6-9(13)11-8(12(7)15)4-3-5-10(11)14-2/h3-6,13-14H,1-2H3. The lowest BCUT2D eigenvalue weighted by atomic mass is 9.88. The Morgan fingerprint density at radius 3 is 2.73 bits per heavy atom. The van der Waals surface area contributed by atoms with Gasteiger partial charge in [0.25, 0.3) is 0 Å². The number of carbonyl (C=O) groups excluding carboxylic acids is 1. The van der Waals surface area contributed by atoms with Crippen LogP contribution in [0.1, 0.15) is 22.8 Å². The largest absolute Gasteiger partial charge is 0.388 e. The van der Waals surface area contributed by atoms with Crippen molar-refractivity contribution in [3.05, 3.63) is 41.0 Å². The van der Waals surface area contributed by atoms with Crippen molar-refractivity contribution in [3.63, 3.8) is 0 Å². The number of rotatable bonds is 1. The van der Waals surface area contributed by atoms with E-state index < -0.39 is 0 Å². The van der Waals surface area contributed by atoms with E-state index in [2.05, 4.69) is 5.32 Å². The molecule has 1 aromatic carbocycles. The third-order valence-corrected chi connectivity index (χ3v) is 2.57. The Morgan fingerprint density at radius 2 is 2.07 bits per heavy atom. The first-order chi connectivity index (χ1) is 7.15. The monoisotopic (exact) mass is 200 g/mol. The Hall–Kier alpha value is -1.90. The number of benzene rings is 1. The molecule has 0 unspecified atom stereocenters. The maximum atomic E-state index is 11.8. The zero-order valence-corrected chi connectivity index (χ0v) is 8.72. The predicted molar refractivity (Wildman–Crippen MR) is 60.9 cm³/mol. The summed E-state index contributed by atoms with van der Waals surface area (Å²) in [7, 11) is 1.79. The molecule has 0 aromatic heterocycles. The number of allylic oxidation sites excluding steroid dienone is 2. The molecule has 0 spiro atoms. The van der Waals surface area contributed by atoms with Gasteiger partial charge < -0.3 is 10.7 Å². The molecule has 1 aromatic rings. The Labute approximate surface area is 88.3 Å². The zero-order chi connectivity index (χ0) is 11.0. The van der Waals surface area contributed by atoms with E-state index >= 15 is 0 Å². The van der Waals surface area contributed by atoms with Crippen LogP contribution >= 0.6 is 0 Å². The highest BCUT2D eigenvalue weighted by Crippen LogP contribution is 2.26. The molecule has 0 saturated heterocycles. The van der Waals surface area contributed by atoms with Crippen molar-refractivity contribution < 1.29 is 4.79 Å². The first-order valence-electron chi connectivity index (χ1n) is 4.78.